The van der Waals surface area contributed by atoms with Crippen molar-refractivity contribution in [3.63, 3.8) is 0 Å². The van der Waals surface area contributed by atoms with E-state index in [9.17, 15) is 4.79 Å². The normalized spacial score (nSPS) is 13.6. The van der Waals surface area contributed by atoms with Crippen LogP contribution in [0.4, 0.5) is 0 Å². The number of aromatic nitrogens is 2. The monoisotopic (exact) mass is 649 g/mol. The molecule has 2 heterocycles. The molecule has 7 heteroatoms. The third-order valence-electron chi connectivity index (χ3n) is 8.27. The van der Waals surface area contributed by atoms with Gasteiger partial charge in [0.15, 0.2) is 0 Å². The number of allylic oxidation sites excluding steroid dienone is 1. The highest BCUT2D eigenvalue weighted by Gasteiger charge is 2.19. The quantitative estimate of drug-likeness (QED) is 0.125. The maximum atomic E-state index is 13.8. The Kier molecular flexibility index (Phi) is 10.8. The summed E-state index contributed by atoms with van der Waals surface area (Å²) in [5.41, 5.74) is 12.3. The van der Waals surface area contributed by atoms with Crippen LogP contribution in [0.25, 0.3) is 34.3 Å². The first kappa shape index (κ1) is 31.5. The number of nitrogens with one attached hydrogen (secondary N) is 2. The largest absolute Gasteiger partial charge is 0.350 e. The molecule has 1 saturated carbocycles. The second-order valence-corrected chi connectivity index (χ2v) is 12.3. The lowest BCUT2D eigenvalue weighted by atomic mass is 9.89. The van der Waals surface area contributed by atoms with Crippen LogP contribution in [0.5, 0.6) is 0 Å². The number of fused-ring (bicyclic) bond motifs is 1. The second kappa shape index (κ2) is 15.2. The number of aryl methyl sites for hydroxylation is 1. The van der Waals surface area contributed by atoms with Gasteiger partial charge < -0.3 is 20.9 Å². The molecular weight excluding hydrogens is 610 g/mol. The highest BCUT2D eigenvalue weighted by Crippen LogP contribution is 2.33. The van der Waals surface area contributed by atoms with Crippen LogP contribution in [0.3, 0.4) is 0 Å². The topological polar surface area (TPSA) is 85.0 Å². The third kappa shape index (κ3) is 7.75. The van der Waals surface area contributed by atoms with Gasteiger partial charge in [-0.2, -0.15) is 0 Å². The molecule has 0 unspecified atom stereocenters. The van der Waals surface area contributed by atoms with E-state index >= 15 is 0 Å². The van der Waals surface area contributed by atoms with E-state index in [1.54, 1.807) is 12.2 Å². The van der Waals surface area contributed by atoms with Crippen molar-refractivity contribution in [2.75, 3.05) is 13.1 Å². The van der Waals surface area contributed by atoms with E-state index in [-0.39, 0.29) is 5.91 Å². The number of hydrogen-bond acceptors (Lipinski definition) is 4. The minimum absolute atomic E-state index is 0.192. The van der Waals surface area contributed by atoms with Gasteiger partial charge in [0.05, 0.1) is 23.5 Å². The molecule has 1 fully saturated rings. The Hall–Kier alpha value is -3.96. The fourth-order valence-electron chi connectivity index (χ4n) is 5.84. The van der Waals surface area contributed by atoms with Crippen LogP contribution in [0.2, 0.25) is 0 Å². The Bertz CT molecular complexity index is 1720. The summed E-state index contributed by atoms with van der Waals surface area (Å²) in [5, 5.41) is 7.63. The molecule has 0 aliphatic heterocycles. The smallest absolute Gasteiger partial charge is 0.252 e. The molecule has 0 radical (unpaired) electrons. The lowest BCUT2D eigenvalue weighted by molar-refractivity contribution is 0.0950. The van der Waals surface area contributed by atoms with E-state index in [1.807, 2.05) is 55.7 Å². The summed E-state index contributed by atoms with van der Waals surface area (Å²) >= 11 is 3.61. The number of halogens is 1. The summed E-state index contributed by atoms with van der Waals surface area (Å²) in [6.07, 6.45) is 14.1. The van der Waals surface area contributed by atoms with Crippen molar-refractivity contribution < 1.29 is 4.79 Å². The molecule has 0 saturated heterocycles. The molecule has 5 rings (SSSR count). The van der Waals surface area contributed by atoms with Crippen LogP contribution < -0.4 is 16.4 Å². The number of carbonyl (C=O) groups is 1. The first-order valence-electron chi connectivity index (χ1n) is 15.3. The minimum Gasteiger partial charge on any atom is -0.350 e. The Morgan fingerprint density at radius 2 is 1.91 bits per heavy atom. The number of benzene rings is 2. The van der Waals surface area contributed by atoms with E-state index in [1.165, 1.54) is 32.1 Å². The van der Waals surface area contributed by atoms with Gasteiger partial charge in [-0.3, -0.25) is 4.79 Å². The minimum atomic E-state index is -0.192. The van der Waals surface area contributed by atoms with E-state index in [0.29, 0.717) is 42.1 Å². The molecule has 4 aromatic rings. The summed E-state index contributed by atoms with van der Waals surface area (Å²) in [4.78, 5) is 18.7. The van der Waals surface area contributed by atoms with Crippen molar-refractivity contribution in [1.29, 1.82) is 0 Å². The summed E-state index contributed by atoms with van der Waals surface area (Å²) < 4.78 is 3.05. The van der Waals surface area contributed by atoms with E-state index in [0.717, 1.165) is 44.5 Å². The maximum Gasteiger partial charge on any atom is 0.252 e. The van der Waals surface area contributed by atoms with E-state index < -0.39 is 0 Å². The molecule has 6 nitrogen and oxygen atoms in total. The van der Waals surface area contributed by atoms with Gasteiger partial charge in [0.2, 0.25) is 0 Å². The summed E-state index contributed by atoms with van der Waals surface area (Å²) in [6, 6.07) is 16.0. The van der Waals surface area contributed by atoms with Gasteiger partial charge >= 0.3 is 0 Å². The molecule has 2 aromatic heterocycles. The molecule has 0 atom stereocenters. The first-order valence-corrected chi connectivity index (χ1v) is 16.1. The Morgan fingerprint density at radius 1 is 1.14 bits per heavy atom. The molecule has 0 bridgehead atoms. The fraction of sp³-hybridized carbons (Fsp3) is 0.297. The highest BCUT2D eigenvalue weighted by atomic mass is 79.9. The van der Waals surface area contributed by atoms with Crippen molar-refractivity contribution in [3.8, 4) is 23.1 Å². The Morgan fingerprint density at radius 3 is 2.66 bits per heavy atom. The van der Waals surface area contributed by atoms with Gasteiger partial charge in [-0.05, 0) is 78.9 Å². The average molecular weight is 651 g/mol. The number of nitrogens with two attached hydrogens (primary N) is 1. The van der Waals surface area contributed by atoms with Crippen LogP contribution in [0, 0.1) is 17.8 Å². The predicted molar refractivity (Wildman–Crippen MR) is 186 cm³/mol. The molecule has 4 N–H and O–H groups in total. The van der Waals surface area contributed by atoms with Gasteiger partial charge in [0.25, 0.3) is 5.91 Å². The van der Waals surface area contributed by atoms with E-state index in [4.69, 9.17) is 10.7 Å². The number of carbonyl (C=O) groups excluding carboxylic acids is 1. The van der Waals surface area contributed by atoms with Crippen LogP contribution in [-0.2, 0) is 20.1 Å². The van der Waals surface area contributed by atoms with Crippen LogP contribution >= 0.6 is 15.9 Å². The summed E-state index contributed by atoms with van der Waals surface area (Å²) in [7, 11) is 2.01. The van der Waals surface area contributed by atoms with E-state index in [2.05, 4.69) is 61.7 Å². The molecule has 0 spiro atoms. The third-order valence-corrected chi connectivity index (χ3v) is 8.77. The number of nitrogens with zero attached hydrogens (tertiary/aromatic N) is 2. The van der Waals surface area contributed by atoms with Crippen molar-refractivity contribution in [1.82, 2.24) is 20.2 Å². The average Bonchev–Trinajstić information content (AvgIpc) is 3.38. The van der Waals surface area contributed by atoms with Gasteiger partial charge in [-0.25, -0.2) is 4.98 Å². The Balaban J connectivity index is 1.43. The molecule has 226 valence electrons. The van der Waals surface area contributed by atoms with Crippen molar-refractivity contribution in [2.24, 2.45) is 18.7 Å². The molecule has 1 amide bonds. The number of hydrogen-bond donors (Lipinski definition) is 3. The maximum absolute atomic E-state index is 13.8. The summed E-state index contributed by atoms with van der Waals surface area (Å²) in [6.45, 7) is 6.57. The fourth-order valence-corrected chi connectivity index (χ4v) is 6.20. The second-order valence-electron chi connectivity index (χ2n) is 11.4. The van der Waals surface area contributed by atoms with Crippen LogP contribution in [-0.4, -0.2) is 28.5 Å². The first-order chi connectivity index (χ1) is 21.5. The Labute approximate surface area is 269 Å². The van der Waals surface area contributed by atoms with Gasteiger partial charge in [0, 0.05) is 52.8 Å². The highest BCUT2D eigenvalue weighted by molar-refractivity contribution is 9.10. The van der Waals surface area contributed by atoms with Crippen molar-refractivity contribution in [2.45, 2.75) is 45.2 Å². The molecule has 2 aromatic carbocycles. The number of rotatable bonds is 10. The molecule has 1 aliphatic rings. The number of amides is 1. The summed E-state index contributed by atoms with van der Waals surface area (Å²) in [5.74, 6) is 6.90. The van der Waals surface area contributed by atoms with Crippen LogP contribution in [0.15, 0.2) is 71.9 Å². The lowest BCUT2D eigenvalue weighted by Gasteiger charge is -2.21. The van der Waals surface area contributed by atoms with Gasteiger partial charge in [-0.1, -0.05) is 77.9 Å². The van der Waals surface area contributed by atoms with Crippen molar-refractivity contribution >= 4 is 44.9 Å². The lowest BCUT2D eigenvalue weighted by Crippen LogP contribution is -2.24. The number of pyridine rings is 1. The van der Waals surface area contributed by atoms with Gasteiger partial charge in [-0.15, -0.1) is 0 Å². The zero-order chi connectivity index (χ0) is 30.9. The van der Waals surface area contributed by atoms with Crippen LogP contribution in [0.1, 0.15) is 64.8 Å². The molecule has 1 aliphatic carbocycles. The van der Waals surface area contributed by atoms with Gasteiger partial charge in [0.1, 0.15) is 0 Å². The zero-order valence-electron chi connectivity index (χ0n) is 25.3. The predicted octanol–water partition coefficient (Wildman–Crippen LogP) is 7.22. The standard InChI is InChI=1S/C37H40BrN5O/c1-3-34-30(12-8-5-9-19-40-23-27-10-6-4-7-11-27)32(37(44)41-24-28-15-13-26(22-39)14-16-28)21-35(42-34)33-25-43(2)36-18-17-29(38)20-31(33)36/h3,8,12-18,20-21,25,27,40H,1,4,6-7,10-11,19,22-24,39H2,2H3,(H,41,44)/b12-8+. The molecular formula is C37H40BrN5O. The van der Waals surface area contributed by atoms with Crippen molar-refractivity contribution in [3.05, 3.63) is 99.8 Å². The zero-order valence-corrected chi connectivity index (χ0v) is 26.9. The molecule has 44 heavy (non-hydrogen) atoms. The SMILES string of the molecule is C=Cc1nc(-c2cn(C)c3ccc(Br)cc23)cc(C(=O)NCc2ccc(CN)cc2)c1/C=C/C#CCNCC1CCCCC1.